The van der Waals surface area contributed by atoms with Gasteiger partial charge in [-0.3, -0.25) is 0 Å². The van der Waals surface area contributed by atoms with Gasteiger partial charge < -0.3 is 4.56 Å². The zero-order valence-corrected chi connectivity index (χ0v) is 3.37. The van der Waals surface area contributed by atoms with Gasteiger partial charge >= 0.3 is 5.76 Å². The lowest BCUT2D eigenvalue weighted by atomic mass is 11.7. The molecule has 0 saturated heterocycles. The van der Waals surface area contributed by atoms with Crippen LogP contribution in [-0.4, -0.2) is 14.5 Å². The fourth-order valence-corrected chi connectivity index (χ4v) is 0. The summed E-state index contributed by atoms with van der Waals surface area (Å²) in [6, 6.07) is 0. The van der Waals surface area contributed by atoms with E-state index >= 15 is 0 Å². The Labute approximate surface area is 36.9 Å². The molecule has 0 spiro atoms. The summed E-state index contributed by atoms with van der Waals surface area (Å²) in [6.07, 6.45) is 0. The first-order valence-corrected chi connectivity index (χ1v) is 2.14. The summed E-state index contributed by atoms with van der Waals surface area (Å²) in [5.74, 6) is -3.07. The minimum absolute atomic E-state index is 2.75. The van der Waals surface area contributed by atoms with E-state index in [2.05, 4.69) is 4.56 Å². The van der Waals surface area contributed by atoms with Gasteiger partial charge in [-0.1, -0.05) is 0 Å². The minimum atomic E-state index is -3.07. The van der Waals surface area contributed by atoms with Crippen molar-refractivity contribution in [1.29, 1.82) is 1.43 Å². The van der Waals surface area contributed by atoms with E-state index in [1.165, 1.54) is 0 Å². The summed E-state index contributed by atoms with van der Waals surface area (Å²) < 4.78 is 39.9. The number of hydrogen-bond donors (Lipinski definition) is 1. The highest BCUT2D eigenvalue weighted by atomic mass is 32.2. The van der Waals surface area contributed by atoms with Crippen molar-refractivity contribution in [1.82, 2.24) is 0 Å². The topological polar surface area (TPSA) is 37.3 Å². The van der Waals surface area contributed by atoms with Gasteiger partial charge in [-0.05, 0) is 0 Å². The molecule has 0 radical (unpaired) electrons. The number of rotatable bonds is 2. The third-order valence-electron chi connectivity index (χ3n) is 0.145. The second-order valence-corrected chi connectivity index (χ2v) is 1.40. The first-order chi connectivity index (χ1) is 3.18. The van der Waals surface area contributed by atoms with Gasteiger partial charge in [0.2, 0.25) is 12.5 Å². The van der Waals surface area contributed by atoms with E-state index in [-0.39, 0.29) is 0 Å². The van der Waals surface area contributed by atoms with E-state index in [0.717, 1.165) is 0 Å². The van der Waals surface area contributed by atoms with Crippen molar-refractivity contribution in [2.45, 2.75) is 5.76 Å². The van der Waals surface area contributed by atoms with Crippen LogP contribution >= 0.6 is 0 Å². The van der Waals surface area contributed by atoms with Gasteiger partial charge in [-0.25, -0.2) is 4.21 Å². The normalized spacial score (nSPS) is 17.5. The molecule has 0 aliphatic carbocycles. The Hall–Kier alpha value is -0.0300. The van der Waals surface area contributed by atoms with E-state index in [1.54, 1.807) is 0 Å². The summed E-state index contributed by atoms with van der Waals surface area (Å²) in [6.45, 7) is 0. The quantitative estimate of drug-likeness (QED) is 0.532. The largest absolute Gasteiger partial charge is 0.336 e. The molecule has 0 aliphatic rings. The minimum Gasteiger partial charge on any atom is -0.302 e. The van der Waals surface area contributed by atoms with Gasteiger partial charge in [0, 0.05) is 0 Å². The molecule has 0 aromatic carbocycles. The highest BCUT2D eigenvalue weighted by Gasteiger charge is 2.06. The van der Waals surface area contributed by atoms with Gasteiger partial charge in [0.05, 0.1) is 0 Å². The Morgan fingerprint density at radius 1 is 2.00 bits per heavy atom. The Morgan fingerprint density at radius 3 is 2.50 bits per heavy atom. The van der Waals surface area contributed by atoms with E-state index in [4.69, 9.17) is 1.43 Å². The van der Waals surface area contributed by atoms with Crippen LogP contribution in [0.4, 0.5) is 8.78 Å². The lowest BCUT2D eigenvalue weighted by Gasteiger charge is -1.82. The number of alkyl halides is 2. The molecule has 0 heterocycles. The molecule has 0 aromatic heterocycles. The van der Waals surface area contributed by atoms with Gasteiger partial charge in [-0.2, -0.15) is 8.78 Å². The molecule has 1 unspecified atom stereocenters. The van der Waals surface area contributed by atoms with Crippen LogP contribution in [0.1, 0.15) is 0 Å². The second-order valence-electron chi connectivity index (χ2n) is 0.521. The average molecular weight is 117 g/mol. The first-order valence-electron chi connectivity index (χ1n) is 1.41. The smallest absolute Gasteiger partial charge is 0.302 e. The standard InChI is InChI=1S/CH2F2O2S/c2-1(3)6(4)5/h1H,(H,4,5)/i/hD. The molecule has 0 aliphatic heterocycles. The maximum absolute atomic E-state index is 10.9. The van der Waals surface area contributed by atoms with E-state index < -0.39 is 16.8 Å². The molecule has 0 rings (SSSR count). The highest BCUT2D eigenvalue weighted by molar-refractivity contribution is 7.79. The van der Waals surface area contributed by atoms with E-state index in [1.807, 2.05) is 0 Å². The van der Waals surface area contributed by atoms with Crippen LogP contribution in [0.25, 0.3) is 1.43 Å². The Balaban J connectivity index is 3.35. The van der Waals surface area contributed by atoms with Crippen molar-refractivity contribution in [2.75, 3.05) is 0 Å². The molecule has 0 bridgehead atoms. The van der Waals surface area contributed by atoms with Crippen LogP contribution in [0, 0.1) is 0 Å². The van der Waals surface area contributed by atoms with Crippen LogP contribution in [0.15, 0.2) is 0 Å². The van der Waals surface area contributed by atoms with Crippen LogP contribution in [-0.2, 0) is 11.1 Å². The maximum Gasteiger partial charge on any atom is 0.336 e. The zero-order valence-electron chi connectivity index (χ0n) is 3.56. The Kier molecular flexibility index (Phi) is 1.52. The molecule has 1 N–H and O–H groups in total. The molecule has 1 atom stereocenters. The van der Waals surface area contributed by atoms with Gasteiger partial charge in [0.25, 0.3) is 0 Å². The molecular formula is CH2F2O2S. The fraction of sp³-hybridized carbons (Fsp3) is 1.00. The number of hydrogen-bond acceptors (Lipinski definition) is 2. The average Bonchev–Trinajstić information content (AvgIpc) is 1.65. The lowest BCUT2D eigenvalue weighted by molar-refractivity contribution is 0.231. The third-order valence-corrected chi connectivity index (χ3v) is 0.436. The van der Waals surface area contributed by atoms with Gasteiger partial charge in [0.15, 0.2) is 0 Å². The summed E-state index contributed by atoms with van der Waals surface area (Å²) in [4.78, 5) is 0. The van der Waals surface area contributed by atoms with Crippen LogP contribution in [0.5, 0.6) is 0 Å². The lowest BCUT2D eigenvalue weighted by Crippen LogP contribution is -1.97. The monoisotopic (exact) mass is 117 g/mol. The van der Waals surface area contributed by atoms with Crippen molar-refractivity contribution < 1.29 is 17.5 Å². The molecular weight excluding hydrogens is 114 g/mol. The summed E-state index contributed by atoms with van der Waals surface area (Å²) in [7, 11) is 0. The molecule has 0 fully saturated rings. The molecule has 0 aromatic rings. The SMILES string of the molecule is [2H]OS(=O)C(F)F. The van der Waals surface area contributed by atoms with Gasteiger partial charge in [0.1, 0.15) is 0 Å². The van der Waals surface area contributed by atoms with Crippen molar-refractivity contribution in [3.8, 4) is 0 Å². The van der Waals surface area contributed by atoms with E-state index in [9.17, 15) is 13.0 Å². The molecule has 6 heavy (non-hydrogen) atoms. The molecule has 5 heteroatoms. The highest BCUT2D eigenvalue weighted by Crippen LogP contribution is 1.93. The molecule has 2 nitrogen and oxygen atoms in total. The molecule has 38 valence electrons. The zero-order chi connectivity index (χ0) is 5.86. The predicted molar refractivity (Wildman–Crippen MR) is 16.8 cm³/mol. The van der Waals surface area contributed by atoms with Crippen LogP contribution < -0.4 is 0 Å². The second kappa shape index (κ2) is 2.20. The summed E-state index contributed by atoms with van der Waals surface area (Å²) in [5, 5.41) is 0. The predicted octanol–water partition coefficient (Wildman–Crippen LogP) is 0.431. The van der Waals surface area contributed by atoms with E-state index in [0.29, 0.717) is 0 Å². The third kappa shape index (κ3) is 2.22. The van der Waals surface area contributed by atoms with Crippen LogP contribution in [0.3, 0.4) is 0 Å². The maximum atomic E-state index is 10.9. The van der Waals surface area contributed by atoms with Crippen molar-refractivity contribution in [2.24, 2.45) is 0 Å². The van der Waals surface area contributed by atoms with Gasteiger partial charge in [-0.15, -0.1) is 0 Å². The Bertz CT molecular complexity index is 76.1. The summed E-state index contributed by atoms with van der Waals surface area (Å²) in [5.41, 5.74) is 0. The molecule has 0 amide bonds. The van der Waals surface area contributed by atoms with Crippen molar-refractivity contribution >= 4 is 11.1 Å². The first kappa shape index (κ1) is 4.14. The molecule has 0 saturated carbocycles. The summed E-state index contributed by atoms with van der Waals surface area (Å²) >= 11 is -2.75. The number of halogens is 2. The fourth-order valence-electron chi connectivity index (χ4n) is 0. The van der Waals surface area contributed by atoms with Crippen molar-refractivity contribution in [3.05, 3.63) is 0 Å². The Morgan fingerprint density at radius 2 is 2.50 bits per heavy atom. The van der Waals surface area contributed by atoms with Crippen molar-refractivity contribution in [3.63, 3.8) is 0 Å². The van der Waals surface area contributed by atoms with Crippen LogP contribution in [0.2, 0.25) is 0 Å².